The van der Waals surface area contributed by atoms with Gasteiger partial charge in [-0.2, -0.15) is 0 Å². The molecule has 0 saturated heterocycles. The number of halogens is 1. The van der Waals surface area contributed by atoms with Crippen LogP contribution in [0.15, 0.2) is 30.9 Å². The molecule has 18 heavy (non-hydrogen) atoms. The van der Waals surface area contributed by atoms with Crippen LogP contribution >= 0.6 is 11.6 Å². The average molecular weight is 267 g/mol. The molecule has 4 heteroatoms. The minimum absolute atomic E-state index is 0.100. The van der Waals surface area contributed by atoms with Crippen molar-refractivity contribution in [2.75, 3.05) is 12.3 Å². The van der Waals surface area contributed by atoms with Crippen molar-refractivity contribution in [1.82, 2.24) is 4.90 Å². The van der Waals surface area contributed by atoms with Crippen molar-refractivity contribution in [2.45, 2.75) is 26.3 Å². The fourth-order valence-corrected chi connectivity index (χ4v) is 1.93. The summed E-state index contributed by atoms with van der Waals surface area (Å²) in [6.45, 7) is 10.1. The van der Waals surface area contributed by atoms with Gasteiger partial charge in [-0.25, -0.2) is 0 Å². The van der Waals surface area contributed by atoms with Crippen LogP contribution in [-0.2, 0) is 0 Å². The molecule has 0 atom stereocenters. The maximum atomic E-state index is 12.4. The standard InChI is InChI=1S/C14H19ClN2O/c1-5-6-17(14(2,3)4)13(18)10-7-11(15)9-12(16)8-10/h5,7-9H,1,6,16H2,2-4H3. The lowest BCUT2D eigenvalue weighted by molar-refractivity contribution is 0.0616. The summed E-state index contributed by atoms with van der Waals surface area (Å²) in [6, 6.07) is 4.88. The molecule has 0 saturated carbocycles. The van der Waals surface area contributed by atoms with Gasteiger partial charge in [-0.1, -0.05) is 17.7 Å². The van der Waals surface area contributed by atoms with E-state index in [0.717, 1.165) is 0 Å². The van der Waals surface area contributed by atoms with Gasteiger partial charge in [0, 0.05) is 28.4 Å². The molecule has 0 heterocycles. The molecular weight excluding hydrogens is 248 g/mol. The van der Waals surface area contributed by atoms with E-state index in [2.05, 4.69) is 6.58 Å². The highest BCUT2D eigenvalue weighted by Gasteiger charge is 2.26. The minimum Gasteiger partial charge on any atom is -0.399 e. The summed E-state index contributed by atoms with van der Waals surface area (Å²) in [5.74, 6) is -0.100. The van der Waals surface area contributed by atoms with E-state index in [-0.39, 0.29) is 11.4 Å². The summed E-state index contributed by atoms with van der Waals surface area (Å²) in [5, 5.41) is 0.464. The number of anilines is 1. The van der Waals surface area contributed by atoms with Gasteiger partial charge in [0.1, 0.15) is 0 Å². The Morgan fingerprint density at radius 2 is 2.06 bits per heavy atom. The highest BCUT2D eigenvalue weighted by atomic mass is 35.5. The number of hydrogen-bond acceptors (Lipinski definition) is 2. The zero-order chi connectivity index (χ0) is 13.9. The molecule has 0 aromatic heterocycles. The predicted molar refractivity (Wildman–Crippen MR) is 76.9 cm³/mol. The average Bonchev–Trinajstić information content (AvgIpc) is 2.22. The number of rotatable bonds is 3. The highest BCUT2D eigenvalue weighted by molar-refractivity contribution is 6.31. The molecule has 0 unspecified atom stereocenters. The van der Waals surface area contributed by atoms with Gasteiger partial charge in [0.25, 0.3) is 5.91 Å². The molecule has 1 rings (SSSR count). The first-order chi connectivity index (χ1) is 8.25. The zero-order valence-electron chi connectivity index (χ0n) is 11.0. The Morgan fingerprint density at radius 3 is 2.50 bits per heavy atom. The third kappa shape index (κ3) is 3.50. The van der Waals surface area contributed by atoms with Crippen molar-refractivity contribution in [1.29, 1.82) is 0 Å². The second-order valence-electron chi connectivity index (χ2n) is 5.15. The van der Waals surface area contributed by atoms with Crippen LogP contribution < -0.4 is 5.73 Å². The Hall–Kier alpha value is -1.48. The fraction of sp³-hybridized carbons (Fsp3) is 0.357. The molecule has 1 amide bonds. The molecule has 0 fully saturated rings. The molecule has 0 spiro atoms. The second-order valence-corrected chi connectivity index (χ2v) is 5.58. The van der Waals surface area contributed by atoms with E-state index in [1.165, 1.54) is 0 Å². The van der Waals surface area contributed by atoms with Crippen LogP contribution in [0, 0.1) is 0 Å². The molecule has 98 valence electrons. The Labute approximate surface area is 113 Å². The number of nitrogens with zero attached hydrogens (tertiary/aromatic N) is 1. The first-order valence-corrected chi connectivity index (χ1v) is 6.12. The minimum atomic E-state index is -0.289. The van der Waals surface area contributed by atoms with E-state index in [9.17, 15) is 4.79 Å². The van der Waals surface area contributed by atoms with Crippen LogP contribution in [0.4, 0.5) is 5.69 Å². The first-order valence-electron chi connectivity index (χ1n) is 5.74. The van der Waals surface area contributed by atoms with E-state index < -0.39 is 0 Å². The molecule has 1 aromatic rings. The van der Waals surface area contributed by atoms with Gasteiger partial charge < -0.3 is 10.6 Å². The lowest BCUT2D eigenvalue weighted by atomic mass is 10.0. The molecule has 1 aromatic carbocycles. The van der Waals surface area contributed by atoms with Gasteiger partial charge in [-0.3, -0.25) is 4.79 Å². The predicted octanol–water partition coefficient (Wildman–Crippen LogP) is 3.35. The van der Waals surface area contributed by atoms with Gasteiger partial charge in [-0.15, -0.1) is 6.58 Å². The summed E-state index contributed by atoms with van der Waals surface area (Å²) < 4.78 is 0. The summed E-state index contributed by atoms with van der Waals surface area (Å²) in [7, 11) is 0. The number of carbonyl (C=O) groups is 1. The summed E-state index contributed by atoms with van der Waals surface area (Å²) in [6.07, 6.45) is 1.71. The number of hydrogen-bond donors (Lipinski definition) is 1. The zero-order valence-corrected chi connectivity index (χ0v) is 11.8. The number of amides is 1. The van der Waals surface area contributed by atoms with Gasteiger partial charge in [0.15, 0.2) is 0 Å². The monoisotopic (exact) mass is 266 g/mol. The number of carbonyl (C=O) groups excluding carboxylic acids is 1. The molecule has 0 radical (unpaired) electrons. The topological polar surface area (TPSA) is 46.3 Å². The van der Waals surface area contributed by atoms with Gasteiger partial charge in [0.2, 0.25) is 0 Å². The molecule has 0 aliphatic rings. The van der Waals surface area contributed by atoms with Crippen molar-refractivity contribution >= 4 is 23.2 Å². The van der Waals surface area contributed by atoms with Crippen molar-refractivity contribution in [3.63, 3.8) is 0 Å². The third-order valence-corrected chi connectivity index (χ3v) is 2.75. The van der Waals surface area contributed by atoms with Gasteiger partial charge in [0.05, 0.1) is 0 Å². The smallest absolute Gasteiger partial charge is 0.254 e. The number of nitrogens with two attached hydrogens (primary N) is 1. The quantitative estimate of drug-likeness (QED) is 0.674. The third-order valence-electron chi connectivity index (χ3n) is 2.53. The van der Waals surface area contributed by atoms with Crippen molar-refractivity contribution in [3.05, 3.63) is 41.4 Å². The van der Waals surface area contributed by atoms with E-state index in [1.807, 2.05) is 20.8 Å². The Morgan fingerprint density at radius 1 is 1.44 bits per heavy atom. The fourth-order valence-electron chi connectivity index (χ4n) is 1.68. The maximum absolute atomic E-state index is 12.4. The largest absolute Gasteiger partial charge is 0.399 e. The van der Waals surface area contributed by atoms with Crippen LogP contribution in [0.25, 0.3) is 0 Å². The van der Waals surface area contributed by atoms with Gasteiger partial charge in [-0.05, 0) is 39.0 Å². The Bertz CT molecular complexity index is 443. The van der Waals surface area contributed by atoms with Crippen LogP contribution in [-0.4, -0.2) is 22.9 Å². The summed E-state index contributed by atoms with van der Waals surface area (Å²) >= 11 is 5.92. The van der Waals surface area contributed by atoms with E-state index in [4.69, 9.17) is 17.3 Å². The number of nitrogen functional groups attached to an aromatic ring is 1. The SMILES string of the molecule is C=CCN(C(=O)c1cc(N)cc(Cl)c1)C(C)(C)C. The number of benzene rings is 1. The molecular formula is C14H19ClN2O. The highest BCUT2D eigenvalue weighted by Crippen LogP contribution is 2.21. The van der Waals surface area contributed by atoms with Crippen LogP contribution in [0.5, 0.6) is 0 Å². The first kappa shape index (κ1) is 14.6. The maximum Gasteiger partial charge on any atom is 0.254 e. The molecule has 0 bridgehead atoms. The van der Waals surface area contributed by atoms with Crippen molar-refractivity contribution in [2.24, 2.45) is 0 Å². The van der Waals surface area contributed by atoms with Gasteiger partial charge >= 0.3 is 0 Å². The second kappa shape index (κ2) is 5.44. The Balaban J connectivity index is 3.13. The summed E-state index contributed by atoms with van der Waals surface area (Å²) in [4.78, 5) is 14.2. The summed E-state index contributed by atoms with van der Waals surface area (Å²) in [5.41, 5.74) is 6.40. The van der Waals surface area contributed by atoms with E-state index in [0.29, 0.717) is 22.8 Å². The normalized spacial score (nSPS) is 11.1. The molecule has 2 N–H and O–H groups in total. The lowest BCUT2D eigenvalue weighted by Gasteiger charge is -2.35. The van der Waals surface area contributed by atoms with Crippen LogP contribution in [0.2, 0.25) is 5.02 Å². The van der Waals surface area contributed by atoms with Crippen molar-refractivity contribution in [3.8, 4) is 0 Å². The van der Waals surface area contributed by atoms with Crippen LogP contribution in [0.3, 0.4) is 0 Å². The molecule has 0 aliphatic carbocycles. The van der Waals surface area contributed by atoms with Crippen LogP contribution in [0.1, 0.15) is 31.1 Å². The Kier molecular flexibility index (Phi) is 4.41. The van der Waals surface area contributed by atoms with Crippen molar-refractivity contribution < 1.29 is 4.79 Å². The molecule has 0 aliphatic heterocycles. The molecule has 3 nitrogen and oxygen atoms in total. The lowest BCUT2D eigenvalue weighted by Crippen LogP contribution is -2.45. The van der Waals surface area contributed by atoms with E-state index in [1.54, 1.807) is 29.2 Å². The van der Waals surface area contributed by atoms with E-state index >= 15 is 0 Å².